The van der Waals surface area contributed by atoms with E-state index in [1.54, 1.807) is 25.1 Å². The average molecular weight is 266 g/mol. The molecule has 0 aromatic rings. The molecule has 104 valence electrons. The fraction of sp³-hybridized carbons (Fsp3) is 0.538. The maximum absolute atomic E-state index is 11.4. The van der Waals surface area contributed by atoms with Crippen LogP contribution in [0.5, 0.6) is 0 Å². The van der Waals surface area contributed by atoms with E-state index in [1.807, 2.05) is 0 Å². The molecule has 6 heteroatoms. The zero-order valence-electron chi connectivity index (χ0n) is 11.0. The molecule has 19 heavy (non-hydrogen) atoms. The molecule has 2 N–H and O–H groups in total. The summed E-state index contributed by atoms with van der Waals surface area (Å²) in [6.45, 7) is 1.35. The smallest absolute Gasteiger partial charge is 0.254 e. The van der Waals surface area contributed by atoms with E-state index in [9.17, 15) is 14.7 Å². The topological polar surface area (TPSA) is 78.9 Å². The van der Waals surface area contributed by atoms with Gasteiger partial charge >= 0.3 is 0 Å². The van der Waals surface area contributed by atoms with Crippen LogP contribution in [0.4, 0.5) is 0 Å². The molecule has 0 aliphatic carbocycles. The minimum absolute atomic E-state index is 0.234. The van der Waals surface area contributed by atoms with Gasteiger partial charge in [-0.25, -0.2) is 0 Å². The molecule has 2 amide bonds. The summed E-state index contributed by atoms with van der Waals surface area (Å²) in [5.74, 6) is 2.00. The summed E-state index contributed by atoms with van der Waals surface area (Å²) in [5.41, 5.74) is -0.563. The van der Waals surface area contributed by atoms with Crippen LogP contribution < -0.4 is 5.32 Å². The number of hydrogen-bond donors (Lipinski definition) is 2. The molecule has 1 rings (SSSR count). The zero-order chi connectivity index (χ0) is 14.5. The molecule has 1 saturated heterocycles. The number of aliphatic hydroxyl groups excluding tert-OH is 1. The molecule has 0 radical (unpaired) electrons. The fourth-order valence-electron chi connectivity index (χ4n) is 1.90. The summed E-state index contributed by atoms with van der Waals surface area (Å²) >= 11 is 0. The highest BCUT2D eigenvalue weighted by molar-refractivity contribution is 5.98. The van der Waals surface area contributed by atoms with Gasteiger partial charge in [-0.15, -0.1) is 6.42 Å². The van der Waals surface area contributed by atoms with Gasteiger partial charge < -0.3 is 14.7 Å². The second-order valence-electron chi connectivity index (χ2n) is 4.48. The Hall–Kier alpha value is -1.84. The normalized spacial score (nSPS) is 26.6. The van der Waals surface area contributed by atoms with Gasteiger partial charge in [0.1, 0.15) is 6.23 Å². The van der Waals surface area contributed by atoms with Crippen LogP contribution in [0.15, 0.2) is 11.8 Å². The number of nitrogens with one attached hydrogen (secondary N) is 1. The Kier molecular flexibility index (Phi) is 5.10. The van der Waals surface area contributed by atoms with Gasteiger partial charge in [-0.05, 0) is 19.8 Å². The Balaban J connectivity index is 2.68. The highest BCUT2D eigenvalue weighted by Crippen LogP contribution is 2.31. The van der Waals surface area contributed by atoms with Gasteiger partial charge in [0, 0.05) is 18.8 Å². The average Bonchev–Trinajstić information content (AvgIpc) is 2.84. The van der Waals surface area contributed by atoms with Gasteiger partial charge in [-0.2, -0.15) is 0 Å². The van der Waals surface area contributed by atoms with Gasteiger partial charge in [0.05, 0.1) is 6.61 Å². The first-order valence-electron chi connectivity index (χ1n) is 5.89. The van der Waals surface area contributed by atoms with Crippen LogP contribution in [0.1, 0.15) is 19.8 Å². The van der Waals surface area contributed by atoms with Crippen molar-refractivity contribution in [2.45, 2.75) is 31.6 Å². The molecule has 0 aromatic heterocycles. The lowest BCUT2D eigenvalue weighted by Crippen LogP contribution is -2.36. The SMILES string of the molecule is C#CC1(CO)CCC(N(C)/C=C(/C)C(=O)NC=O)O1. The number of imide groups is 1. The van der Waals surface area contributed by atoms with Crippen molar-refractivity contribution in [3.8, 4) is 12.3 Å². The lowest BCUT2D eigenvalue weighted by molar-refractivity contribution is -0.122. The van der Waals surface area contributed by atoms with Crippen LogP contribution in [0, 0.1) is 12.3 Å². The van der Waals surface area contributed by atoms with Crippen LogP contribution in [0.3, 0.4) is 0 Å². The van der Waals surface area contributed by atoms with Gasteiger partial charge in [0.2, 0.25) is 6.41 Å². The maximum atomic E-state index is 11.4. The third-order valence-electron chi connectivity index (χ3n) is 3.07. The standard InChI is InChI=1S/C13H18N2O4/c1-4-13(8-16)6-5-11(19-13)15(3)7-10(2)12(18)14-9-17/h1,7,9,11,16H,5-6,8H2,2-3H3,(H,14,17,18)/b10-7-. The molecule has 6 nitrogen and oxygen atoms in total. The third kappa shape index (κ3) is 3.56. The number of hydrogen-bond acceptors (Lipinski definition) is 5. The molecule has 0 aromatic carbocycles. The highest BCUT2D eigenvalue weighted by Gasteiger charge is 2.39. The van der Waals surface area contributed by atoms with E-state index in [4.69, 9.17) is 11.2 Å². The molecule has 1 aliphatic heterocycles. The molecule has 1 fully saturated rings. The van der Waals surface area contributed by atoms with E-state index in [2.05, 4.69) is 11.2 Å². The predicted molar refractivity (Wildman–Crippen MR) is 68.5 cm³/mol. The number of aliphatic hydroxyl groups is 1. The van der Waals surface area contributed by atoms with E-state index < -0.39 is 11.5 Å². The van der Waals surface area contributed by atoms with Crippen molar-refractivity contribution in [2.24, 2.45) is 0 Å². The first kappa shape index (κ1) is 15.2. The number of rotatable bonds is 5. The van der Waals surface area contributed by atoms with Gasteiger partial charge in [-0.1, -0.05) is 5.92 Å². The van der Waals surface area contributed by atoms with Crippen LogP contribution in [-0.4, -0.2) is 47.8 Å². The number of amides is 2. The van der Waals surface area contributed by atoms with E-state index in [-0.39, 0.29) is 12.8 Å². The molecule has 1 aliphatic rings. The first-order valence-corrected chi connectivity index (χ1v) is 5.89. The van der Waals surface area contributed by atoms with Crippen molar-refractivity contribution in [2.75, 3.05) is 13.7 Å². The monoisotopic (exact) mass is 266 g/mol. The second-order valence-corrected chi connectivity index (χ2v) is 4.48. The number of carbonyl (C=O) groups is 2. The number of nitrogens with zero attached hydrogens (tertiary/aromatic N) is 1. The first-order chi connectivity index (χ1) is 8.98. The molecule has 2 unspecified atom stereocenters. The predicted octanol–water partition coefficient (Wildman–Crippen LogP) is -0.405. The Morgan fingerprint density at radius 1 is 1.74 bits per heavy atom. The maximum Gasteiger partial charge on any atom is 0.254 e. The molecule has 2 atom stereocenters. The van der Waals surface area contributed by atoms with Crippen molar-refractivity contribution in [1.82, 2.24) is 10.2 Å². The molecule has 0 spiro atoms. The Morgan fingerprint density at radius 3 is 2.89 bits per heavy atom. The second kappa shape index (κ2) is 6.36. The van der Waals surface area contributed by atoms with Crippen molar-refractivity contribution in [3.05, 3.63) is 11.8 Å². The largest absolute Gasteiger partial charge is 0.392 e. The number of ether oxygens (including phenoxy) is 1. The molecule has 0 saturated carbocycles. The van der Waals surface area contributed by atoms with E-state index in [1.165, 1.54) is 0 Å². The summed E-state index contributed by atoms with van der Waals surface area (Å²) < 4.78 is 5.64. The Labute approximate surface area is 112 Å². The van der Waals surface area contributed by atoms with Crippen LogP contribution in [-0.2, 0) is 14.3 Å². The summed E-state index contributed by atoms with van der Waals surface area (Å²) in [4.78, 5) is 23.3. The van der Waals surface area contributed by atoms with E-state index >= 15 is 0 Å². The van der Waals surface area contributed by atoms with E-state index in [0.29, 0.717) is 24.8 Å². The molecular weight excluding hydrogens is 248 g/mol. The molecule has 1 heterocycles. The fourth-order valence-corrected chi connectivity index (χ4v) is 1.90. The van der Waals surface area contributed by atoms with Crippen LogP contribution in [0.25, 0.3) is 0 Å². The number of terminal acetylenes is 1. The quantitative estimate of drug-likeness (QED) is 0.402. The third-order valence-corrected chi connectivity index (χ3v) is 3.07. The minimum Gasteiger partial charge on any atom is -0.392 e. The Bertz CT molecular complexity index is 427. The van der Waals surface area contributed by atoms with Crippen LogP contribution >= 0.6 is 0 Å². The minimum atomic E-state index is -0.939. The summed E-state index contributed by atoms with van der Waals surface area (Å²) in [6.07, 6.45) is 8.18. The summed E-state index contributed by atoms with van der Waals surface area (Å²) in [7, 11) is 1.74. The van der Waals surface area contributed by atoms with Crippen LogP contribution in [0.2, 0.25) is 0 Å². The van der Waals surface area contributed by atoms with E-state index in [0.717, 1.165) is 0 Å². The summed E-state index contributed by atoms with van der Waals surface area (Å²) in [6, 6.07) is 0. The van der Waals surface area contributed by atoms with Gasteiger partial charge in [-0.3, -0.25) is 14.9 Å². The lowest BCUT2D eigenvalue weighted by Gasteiger charge is -2.26. The highest BCUT2D eigenvalue weighted by atomic mass is 16.5. The van der Waals surface area contributed by atoms with Crippen molar-refractivity contribution >= 4 is 12.3 Å². The lowest BCUT2D eigenvalue weighted by atomic mass is 10.0. The zero-order valence-corrected chi connectivity index (χ0v) is 11.0. The van der Waals surface area contributed by atoms with Crippen molar-refractivity contribution in [3.63, 3.8) is 0 Å². The molecular formula is C13H18N2O4. The van der Waals surface area contributed by atoms with Gasteiger partial charge in [0.15, 0.2) is 5.60 Å². The number of carbonyl (C=O) groups excluding carboxylic acids is 2. The Morgan fingerprint density at radius 2 is 2.42 bits per heavy atom. The van der Waals surface area contributed by atoms with Gasteiger partial charge in [0.25, 0.3) is 5.91 Å². The van der Waals surface area contributed by atoms with Crippen molar-refractivity contribution < 1.29 is 19.4 Å². The summed E-state index contributed by atoms with van der Waals surface area (Å²) in [5, 5.41) is 11.3. The van der Waals surface area contributed by atoms with Crippen molar-refractivity contribution in [1.29, 1.82) is 0 Å². The molecule has 0 bridgehead atoms.